The summed E-state index contributed by atoms with van der Waals surface area (Å²) < 4.78 is 0. The number of aromatic hydroxyl groups is 2. The van der Waals surface area contributed by atoms with E-state index in [1.807, 2.05) is 0 Å². The fraction of sp³-hybridized carbons (Fsp3) is 0.368. The zero-order chi connectivity index (χ0) is 19.0. The van der Waals surface area contributed by atoms with Crippen LogP contribution in [0.15, 0.2) is 17.7 Å². The quantitative estimate of drug-likeness (QED) is 0.436. The number of hydrogen-bond donors (Lipinski definition) is 5. The lowest BCUT2D eigenvalue weighted by atomic mass is 9.63. The Hall–Kier alpha value is -2.48. The Morgan fingerprint density at radius 2 is 1.85 bits per heavy atom. The summed E-state index contributed by atoms with van der Waals surface area (Å²) in [6.07, 6.45) is 2.49. The van der Waals surface area contributed by atoms with Crippen LogP contribution in [0, 0.1) is 0 Å². The number of carbonyl (C=O) groups excluding carboxylic acids is 2. The number of ketones is 2. The van der Waals surface area contributed by atoms with Gasteiger partial charge in [-0.05, 0) is 25.5 Å². The Morgan fingerprint density at radius 3 is 2.54 bits per heavy atom. The maximum atomic E-state index is 12.7. The molecule has 7 nitrogen and oxygen atoms in total. The zero-order valence-corrected chi connectivity index (χ0v) is 14.0. The van der Waals surface area contributed by atoms with Gasteiger partial charge in [0, 0.05) is 29.5 Å². The first-order chi connectivity index (χ1) is 12.1. The Kier molecular flexibility index (Phi) is 3.28. The molecule has 3 aliphatic rings. The largest absolute Gasteiger partial charge is 0.507 e. The van der Waals surface area contributed by atoms with E-state index in [1.165, 1.54) is 18.2 Å². The van der Waals surface area contributed by atoms with Crippen LogP contribution in [-0.2, 0) is 10.4 Å². The highest BCUT2D eigenvalue weighted by atomic mass is 16.4. The summed E-state index contributed by atoms with van der Waals surface area (Å²) >= 11 is 0. The first-order valence-electron chi connectivity index (χ1n) is 8.31. The molecule has 1 aromatic carbocycles. The molecule has 5 N–H and O–H groups in total. The first kappa shape index (κ1) is 17.0. The summed E-state index contributed by atoms with van der Waals surface area (Å²) in [5.74, 6) is -2.55. The van der Waals surface area contributed by atoms with Gasteiger partial charge < -0.3 is 25.5 Å². The van der Waals surface area contributed by atoms with E-state index in [4.69, 9.17) is 0 Å². The summed E-state index contributed by atoms with van der Waals surface area (Å²) in [4.78, 5) is 25.0. The third-order valence-electron chi connectivity index (χ3n) is 5.58. The van der Waals surface area contributed by atoms with Crippen LogP contribution in [0.1, 0.15) is 59.3 Å². The molecule has 0 amide bonds. The van der Waals surface area contributed by atoms with Crippen molar-refractivity contribution in [1.82, 2.24) is 0 Å². The predicted octanol–water partition coefficient (Wildman–Crippen LogP) is 0.972. The molecule has 1 aromatic rings. The van der Waals surface area contributed by atoms with E-state index in [9.17, 15) is 35.1 Å². The average molecular weight is 358 g/mol. The molecular formula is C19H18O7. The molecule has 26 heavy (non-hydrogen) atoms. The molecule has 0 aromatic heterocycles. The number of carbonyl (C=O) groups is 2. The molecule has 0 fully saturated rings. The van der Waals surface area contributed by atoms with Crippen LogP contribution < -0.4 is 0 Å². The van der Waals surface area contributed by atoms with Gasteiger partial charge >= 0.3 is 0 Å². The van der Waals surface area contributed by atoms with Gasteiger partial charge in [0.05, 0.1) is 11.7 Å². The number of hydrogen-bond acceptors (Lipinski definition) is 7. The second kappa shape index (κ2) is 5.03. The number of fused-ring (bicyclic) bond motifs is 4. The number of aliphatic hydroxyl groups is 3. The van der Waals surface area contributed by atoms with Crippen LogP contribution in [0.2, 0.25) is 0 Å². The fourth-order valence-electron chi connectivity index (χ4n) is 4.32. The molecule has 0 aliphatic heterocycles. The Bertz CT molecular complexity index is 942. The minimum Gasteiger partial charge on any atom is -0.507 e. The van der Waals surface area contributed by atoms with Crippen LogP contribution in [0.3, 0.4) is 0 Å². The van der Waals surface area contributed by atoms with Gasteiger partial charge in [0.2, 0.25) is 0 Å². The highest BCUT2D eigenvalue weighted by Gasteiger charge is 2.60. The van der Waals surface area contributed by atoms with E-state index in [1.54, 1.807) is 6.92 Å². The van der Waals surface area contributed by atoms with Crippen molar-refractivity contribution in [2.45, 2.75) is 43.5 Å². The summed E-state index contributed by atoms with van der Waals surface area (Å²) in [5.41, 5.74) is -4.96. The monoisotopic (exact) mass is 358 g/mol. The van der Waals surface area contributed by atoms with Crippen molar-refractivity contribution >= 4 is 17.6 Å². The van der Waals surface area contributed by atoms with E-state index in [0.717, 1.165) is 0 Å². The maximum Gasteiger partial charge on any atom is 0.195 e. The number of rotatable bonds is 0. The molecule has 0 saturated carbocycles. The number of aliphatic hydroxyl groups excluding tert-OH is 1. The lowest BCUT2D eigenvalue weighted by Crippen LogP contribution is -2.59. The van der Waals surface area contributed by atoms with Crippen molar-refractivity contribution in [3.63, 3.8) is 0 Å². The van der Waals surface area contributed by atoms with Crippen molar-refractivity contribution in [3.05, 3.63) is 40.0 Å². The number of phenolic OH excluding ortho intramolecular Hbond substituents is 2. The third-order valence-corrected chi connectivity index (χ3v) is 5.58. The summed E-state index contributed by atoms with van der Waals surface area (Å²) in [6, 6.07) is 0. The van der Waals surface area contributed by atoms with Gasteiger partial charge in [-0.1, -0.05) is 11.6 Å². The van der Waals surface area contributed by atoms with Crippen LogP contribution in [0.4, 0.5) is 0 Å². The summed E-state index contributed by atoms with van der Waals surface area (Å²) in [5, 5.41) is 53.7. The molecule has 0 saturated heterocycles. The Labute approximate surface area is 148 Å². The second-order valence-electron chi connectivity index (χ2n) is 7.25. The molecular weight excluding hydrogens is 340 g/mol. The number of Topliss-reactive ketones (excluding diaryl/α,β-unsaturated/α-hetero) is 1. The fourth-order valence-corrected chi connectivity index (χ4v) is 4.32. The molecule has 3 atom stereocenters. The predicted molar refractivity (Wildman–Crippen MR) is 89.6 cm³/mol. The molecule has 7 heteroatoms. The lowest BCUT2D eigenvalue weighted by molar-refractivity contribution is -0.164. The van der Waals surface area contributed by atoms with E-state index in [-0.39, 0.29) is 36.0 Å². The van der Waals surface area contributed by atoms with Crippen molar-refractivity contribution in [3.8, 4) is 11.5 Å². The van der Waals surface area contributed by atoms with Crippen molar-refractivity contribution in [2.75, 3.05) is 0 Å². The van der Waals surface area contributed by atoms with Crippen molar-refractivity contribution < 1.29 is 35.1 Å². The van der Waals surface area contributed by atoms with Crippen LogP contribution in [0.25, 0.3) is 6.08 Å². The van der Waals surface area contributed by atoms with Gasteiger partial charge in [-0.25, -0.2) is 0 Å². The molecule has 3 aliphatic carbocycles. The highest BCUT2D eigenvalue weighted by molar-refractivity contribution is 6.07. The van der Waals surface area contributed by atoms with Gasteiger partial charge in [-0.2, -0.15) is 0 Å². The SMILES string of the molecule is CC1=CC(=O)C2(O)c3c(O)c4c(c(O)c3C=CC2(O)C1)C(O)CCC4=O. The van der Waals surface area contributed by atoms with Gasteiger partial charge in [0.25, 0.3) is 0 Å². The van der Waals surface area contributed by atoms with Crippen LogP contribution in [0.5, 0.6) is 11.5 Å². The third kappa shape index (κ3) is 1.82. The Balaban J connectivity index is 2.12. The zero-order valence-electron chi connectivity index (χ0n) is 14.0. The van der Waals surface area contributed by atoms with Crippen LogP contribution in [-0.4, -0.2) is 42.7 Å². The normalized spacial score (nSPS) is 32.6. The smallest absolute Gasteiger partial charge is 0.195 e. The number of phenols is 2. The first-order valence-corrected chi connectivity index (χ1v) is 8.31. The second-order valence-corrected chi connectivity index (χ2v) is 7.25. The van der Waals surface area contributed by atoms with Gasteiger partial charge in [0.1, 0.15) is 17.1 Å². The molecule has 3 unspecified atom stereocenters. The maximum absolute atomic E-state index is 12.7. The van der Waals surface area contributed by atoms with Gasteiger partial charge in [-0.3, -0.25) is 9.59 Å². The van der Waals surface area contributed by atoms with E-state index in [0.29, 0.717) is 5.57 Å². The average Bonchev–Trinajstić information content (AvgIpc) is 2.56. The lowest BCUT2D eigenvalue weighted by Gasteiger charge is -2.46. The summed E-state index contributed by atoms with van der Waals surface area (Å²) in [6.45, 7) is 1.63. The van der Waals surface area contributed by atoms with E-state index in [2.05, 4.69) is 0 Å². The van der Waals surface area contributed by atoms with E-state index >= 15 is 0 Å². The summed E-state index contributed by atoms with van der Waals surface area (Å²) in [7, 11) is 0. The van der Waals surface area contributed by atoms with Crippen LogP contribution >= 0.6 is 0 Å². The van der Waals surface area contributed by atoms with Crippen molar-refractivity contribution in [1.29, 1.82) is 0 Å². The van der Waals surface area contributed by atoms with E-state index < -0.39 is 45.9 Å². The van der Waals surface area contributed by atoms with Crippen molar-refractivity contribution in [2.24, 2.45) is 0 Å². The molecule has 136 valence electrons. The van der Waals surface area contributed by atoms with Gasteiger partial charge in [-0.15, -0.1) is 0 Å². The Morgan fingerprint density at radius 1 is 1.15 bits per heavy atom. The highest BCUT2D eigenvalue weighted by Crippen LogP contribution is 2.55. The molecule has 0 spiro atoms. The standard InChI is InChI=1S/C19H18O7/c1-8-6-12(22)19(26)15-9(4-5-18(19,25)7-8)16(23)13-10(20)2-3-11(21)14(13)17(15)24/h4-6,10,20,23-26H,2-3,7H2,1H3. The molecule has 0 radical (unpaired) electrons. The minimum atomic E-state index is -2.55. The molecule has 0 heterocycles. The number of benzene rings is 1. The van der Waals surface area contributed by atoms with Gasteiger partial charge in [0.15, 0.2) is 17.2 Å². The molecule has 0 bridgehead atoms. The minimum absolute atomic E-state index is 0.0502. The molecule has 4 rings (SSSR count). The topological polar surface area (TPSA) is 135 Å².